The Morgan fingerprint density at radius 3 is 2.53 bits per heavy atom. The second-order valence-electron chi connectivity index (χ2n) is 7.36. The van der Waals surface area contributed by atoms with Crippen molar-refractivity contribution in [2.45, 2.75) is 33.4 Å². The van der Waals surface area contributed by atoms with Crippen LogP contribution in [0.3, 0.4) is 0 Å². The van der Waals surface area contributed by atoms with Gasteiger partial charge in [-0.1, -0.05) is 53.6 Å². The third kappa shape index (κ3) is 4.60. The second kappa shape index (κ2) is 9.23. The Hall–Kier alpha value is -2.98. The number of rotatable bonds is 8. The summed E-state index contributed by atoms with van der Waals surface area (Å²) < 4.78 is 14.2. The third-order valence-corrected chi connectivity index (χ3v) is 5.35. The molecule has 1 heterocycles. The maximum atomic E-state index is 6.22. The average molecular weight is 421 g/mol. The van der Waals surface area contributed by atoms with E-state index in [9.17, 15) is 0 Å². The fraction of sp³-hybridized carbons (Fsp3) is 0.240. The summed E-state index contributed by atoms with van der Waals surface area (Å²) in [6, 6.07) is 21.9. The molecule has 0 saturated carbocycles. The van der Waals surface area contributed by atoms with Crippen LogP contribution in [0.4, 0.5) is 0 Å². The monoisotopic (exact) mass is 420 g/mol. The van der Waals surface area contributed by atoms with E-state index in [0.29, 0.717) is 24.0 Å². The van der Waals surface area contributed by atoms with Crippen molar-refractivity contribution in [3.8, 4) is 11.5 Å². The highest BCUT2D eigenvalue weighted by Gasteiger charge is 2.12. The van der Waals surface area contributed by atoms with Crippen LogP contribution in [0.25, 0.3) is 11.0 Å². The molecule has 0 unspecified atom stereocenters. The Morgan fingerprint density at radius 1 is 0.900 bits per heavy atom. The number of hydrogen-bond donors (Lipinski definition) is 0. The molecule has 0 saturated heterocycles. The molecular weight excluding hydrogens is 396 g/mol. The lowest BCUT2D eigenvalue weighted by Gasteiger charge is -2.13. The molecule has 0 aliphatic heterocycles. The molecule has 4 rings (SSSR count). The zero-order valence-corrected chi connectivity index (χ0v) is 18.0. The van der Waals surface area contributed by atoms with Gasteiger partial charge in [-0.15, -0.1) is 0 Å². The summed E-state index contributed by atoms with van der Waals surface area (Å²) in [5.41, 5.74) is 4.47. The molecule has 1 aromatic heterocycles. The third-order valence-electron chi connectivity index (χ3n) is 5.04. The van der Waals surface area contributed by atoms with Crippen molar-refractivity contribution in [2.75, 3.05) is 6.61 Å². The van der Waals surface area contributed by atoms with Crippen molar-refractivity contribution in [1.82, 2.24) is 9.55 Å². The van der Waals surface area contributed by atoms with Gasteiger partial charge in [0.15, 0.2) is 0 Å². The van der Waals surface area contributed by atoms with Gasteiger partial charge in [0, 0.05) is 6.54 Å². The summed E-state index contributed by atoms with van der Waals surface area (Å²) in [5, 5.41) is 0.599. The van der Waals surface area contributed by atoms with Crippen LogP contribution in [0.5, 0.6) is 11.5 Å². The van der Waals surface area contributed by atoms with E-state index in [1.165, 1.54) is 5.56 Å². The van der Waals surface area contributed by atoms with Crippen molar-refractivity contribution < 1.29 is 9.47 Å². The first-order chi connectivity index (χ1) is 14.6. The van der Waals surface area contributed by atoms with Crippen LogP contribution in [0.1, 0.15) is 23.4 Å². The number of aryl methyl sites for hydroxylation is 3. The lowest BCUT2D eigenvalue weighted by Crippen LogP contribution is -2.10. The van der Waals surface area contributed by atoms with E-state index in [-0.39, 0.29) is 0 Å². The lowest BCUT2D eigenvalue weighted by molar-refractivity contribution is 0.280. The van der Waals surface area contributed by atoms with Crippen molar-refractivity contribution in [2.24, 2.45) is 0 Å². The number of halogens is 1. The number of para-hydroxylation sites is 3. The summed E-state index contributed by atoms with van der Waals surface area (Å²) in [6.07, 6.45) is 0.868. The number of hydrogen-bond acceptors (Lipinski definition) is 3. The Kier molecular flexibility index (Phi) is 6.24. The number of ether oxygens (including phenoxy) is 2. The molecule has 0 radical (unpaired) electrons. The van der Waals surface area contributed by atoms with Crippen molar-refractivity contribution in [3.63, 3.8) is 0 Å². The van der Waals surface area contributed by atoms with Crippen molar-refractivity contribution in [3.05, 3.63) is 88.7 Å². The minimum absolute atomic E-state index is 0.357. The van der Waals surface area contributed by atoms with E-state index in [1.807, 2.05) is 48.5 Å². The zero-order valence-electron chi connectivity index (χ0n) is 17.3. The number of imidazole rings is 1. The molecule has 0 amide bonds. The molecule has 0 bridgehead atoms. The molecule has 4 aromatic rings. The minimum Gasteiger partial charge on any atom is -0.493 e. The van der Waals surface area contributed by atoms with Gasteiger partial charge in [0.1, 0.15) is 23.9 Å². The van der Waals surface area contributed by atoms with Gasteiger partial charge in [-0.25, -0.2) is 4.98 Å². The fourth-order valence-corrected chi connectivity index (χ4v) is 3.75. The van der Waals surface area contributed by atoms with Gasteiger partial charge >= 0.3 is 0 Å². The summed E-state index contributed by atoms with van der Waals surface area (Å²) in [6.45, 7) is 5.97. The predicted octanol–water partition coefficient (Wildman–Crippen LogP) is 6.35. The van der Waals surface area contributed by atoms with Gasteiger partial charge in [0.25, 0.3) is 0 Å². The highest BCUT2D eigenvalue weighted by molar-refractivity contribution is 6.32. The van der Waals surface area contributed by atoms with Crippen molar-refractivity contribution in [1.29, 1.82) is 0 Å². The largest absolute Gasteiger partial charge is 0.493 e. The van der Waals surface area contributed by atoms with Gasteiger partial charge in [0.2, 0.25) is 0 Å². The minimum atomic E-state index is 0.357. The van der Waals surface area contributed by atoms with Crippen LogP contribution in [-0.4, -0.2) is 16.2 Å². The summed E-state index contributed by atoms with van der Waals surface area (Å²) in [7, 11) is 0. The van der Waals surface area contributed by atoms with Gasteiger partial charge < -0.3 is 14.0 Å². The molecule has 4 nitrogen and oxygen atoms in total. The maximum absolute atomic E-state index is 6.22. The standard InChI is InChI=1S/C25H25ClN2O2/c1-18-12-13-23(19(2)16-18)29-15-7-14-28-22-10-5-4-9-21(22)27-25(28)17-30-24-11-6-3-8-20(24)26/h3-6,8-13,16H,7,14-15,17H2,1-2H3. The molecule has 0 fully saturated rings. The van der Waals surface area contributed by atoms with E-state index in [1.54, 1.807) is 0 Å². The first-order valence-corrected chi connectivity index (χ1v) is 10.5. The molecule has 0 spiro atoms. The maximum Gasteiger partial charge on any atom is 0.148 e. The fourth-order valence-electron chi connectivity index (χ4n) is 3.56. The Balaban J connectivity index is 1.45. The van der Waals surface area contributed by atoms with Crippen LogP contribution >= 0.6 is 11.6 Å². The van der Waals surface area contributed by atoms with E-state index in [0.717, 1.165) is 41.1 Å². The zero-order chi connectivity index (χ0) is 20.9. The molecule has 0 aliphatic rings. The topological polar surface area (TPSA) is 36.3 Å². The molecule has 30 heavy (non-hydrogen) atoms. The first-order valence-electron chi connectivity index (χ1n) is 10.1. The first kappa shape index (κ1) is 20.3. The SMILES string of the molecule is Cc1ccc(OCCCn2c(COc3ccccc3Cl)nc3ccccc32)c(C)c1. The highest BCUT2D eigenvalue weighted by Crippen LogP contribution is 2.25. The number of benzene rings is 3. The van der Waals surface area contributed by atoms with Crippen LogP contribution in [0, 0.1) is 13.8 Å². The molecule has 0 aliphatic carbocycles. The van der Waals surface area contributed by atoms with Crippen LogP contribution in [0.15, 0.2) is 66.7 Å². The van der Waals surface area contributed by atoms with E-state index >= 15 is 0 Å². The molecule has 0 N–H and O–H groups in total. The Labute approximate surface area is 182 Å². The van der Waals surface area contributed by atoms with Gasteiger partial charge in [0.05, 0.1) is 22.7 Å². The summed E-state index contributed by atoms with van der Waals surface area (Å²) in [4.78, 5) is 4.77. The predicted molar refractivity (Wildman–Crippen MR) is 122 cm³/mol. The van der Waals surface area contributed by atoms with Gasteiger partial charge in [-0.2, -0.15) is 0 Å². The quantitative estimate of drug-likeness (QED) is 0.311. The average Bonchev–Trinajstić information content (AvgIpc) is 3.09. The van der Waals surface area contributed by atoms with E-state index in [4.69, 9.17) is 26.1 Å². The van der Waals surface area contributed by atoms with Crippen LogP contribution < -0.4 is 9.47 Å². The molecule has 0 atom stereocenters. The number of fused-ring (bicyclic) bond motifs is 1. The molecule has 154 valence electrons. The van der Waals surface area contributed by atoms with Gasteiger partial charge in [-0.3, -0.25) is 0 Å². The molecule has 3 aromatic carbocycles. The second-order valence-corrected chi connectivity index (χ2v) is 7.77. The van der Waals surface area contributed by atoms with Gasteiger partial charge in [-0.05, 0) is 56.2 Å². The Bertz CT molecular complexity index is 1150. The van der Waals surface area contributed by atoms with Crippen LogP contribution in [-0.2, 0) is 13.2 Å². The van der Waals surface area contributed by atoms with Crippen molar-refractivity contribution >= 4 is 22.6 Å². The molecular formula is C25H25ClN2O2. The normalized spacial score (nSPS) is 11.0. The summed E-state index contributed by atoms with van der Waals surface area (Å²) in [5.74, 6) is 2.48. The number of aromatic nitrogens is 2. The Morgan fingerprint density at radius 2 is 1.70 bits per heavy atom. The highest BCUT2D eigenvalue weighted by atomic mass is 35.5. The van der Waals surface area contributed by atoms with Crippen LogP contribution in [0.2, 0.25) is 5.02 Å². The smallest absolute Gasteiger partial charge is 0.148 e. The molecule has 5 heteroatoms. The lowest BCUT2D eigenvalue weighted by atomic mass is 10.1. The van der Waals surface area contributed by atoms with E-state index < -0.39 is 0 Å². The number of nitrogens with zero attached hydrogens (tertiary/aromatic N) is 2. The summed E-state index contributed by atoms with van der Waals surface area (Å²) >= 11 is 6.22. The van der Waals surface area contributed by atoms with E-state index in [2.05, 4.69) is 36.6 Å².